The summed E-state index contributed by atoms with van der Waals surface area (Å²) in [6.45, 7) is 8.10. The van der Waals surface area contributed by atoms with Crippen LogP contribution in [0.1, 0.15) is 81.6 Å². The van der Waals surface area contributed by atoms with E-state index in [9.17, 15) is 4.79 Å². The zero-order chi connectivity index (χ0) is 18.9. The number of rotatable bonds is 5. The third-order valence-corrected chi connectivity index (χ3v) is 5.01. The summed E-state index contributed by atoms with van der Waals surface area (Å²) in [5.74, 6) is -0.375. The van der Waals surface area contributed by atoms with Crippen LogP contribution in [0.25, 0.3) is 0 Å². The van der Waals surface area contributed by atoms with Crippen molar-refractivity contribution in [2.75, 3.05) is 6.61 Å². The summed E-state index contributed by atoms with van der Waals surface area (Å²) < 4.78 is 26.5. The van der Waals surface area contributed by atoms with E-state index in [2.05, 4.69) is 19.1 Å². The molecule has 2 aliphatic carbocycles. The fraction of sp³-hybridized carbons (Fsp3) is 0.591. The van der Waals surface area contributed by atoms with Gasteiger partial charge in [0.1, 0.15) is 17.2 Å². The fourth-order valence-corrected chi connectivity index (χ4v) is 3.35. The molecule has 0 aliphatic heterocycles. The maximum atomic E-state index is 15.1. The highest BCUT2D eigenvalue weighted by Crippen LogP contribution is 2.47. The first-order valence-electron chi connectivity index (χ1n) is 9.52. The van der Waals surface area contributed by atoms with Crippen LogP contribution in [0.15, 0.2) is 24.3 Å². The number of hydrogen-bond donors (Lipinski definition) is 0. The first-order valence-corrected chi connectivity index (χ1v) is 9.52. The van der Waals surface area contributed by atoms with Crippen molar-refractivity contribution in [3.05, 3.63) is 41.2 Å². The normalized spacial score (nSPS) is 23.0. The average molecular weight is 360 g/mol. The number of benzene rings is 1. The summed E-state index contributed by atoms with van der Waals surface area (Å²) in [5, 5.41) is 0. The molecular weight excluding hydrogens is 331 g/mol. The van der Waals surface area contributed by atoms with Gasteiger partial charge in [0.2, 0.25) is 0 Å². The molecule has 1 aromatic carbocycles. The zero-order valence-corrected chi connectivity index (χ0v) is 16.2. The molecule has 26 heavy (non-hydrogen) atoms. The maximum absolute atomic E-state index is 15.1. The van der Waals surface area contributed by atoms with Crippen LogP contribution in [0.3, 0.4) is 0 Å². The Labute approximate surface area is 155 Å². The molecule has 142 valence electrons. The van der Waals surface area contributed by atoms with E-state index < -0.39 is 17.4 Å². The summed E-state index contributed by atoms with van der Waals surface area (Å²) in [6, 6.07) is 3.23. The van der Waals surface area contributed by atoms with Gasteiger partial charge in [-0.1, -0.05) is 19.1 Å². The summed E-state index contributed by atoms with van der Waals surface area (Å²) in [6.07, 6.45) is 9.37. The molecule has 2 aliphatic rings. The Morgan fingerprint density at radius 2 is 2.00 bits per heavy atom. The topological polar surface area (TPSA) is 35.5 Å². The smallest absolute Gasteiger partial charge is 0.341 e. The molecule has 3 nitrogen and oxygen atoms in total. The van der Waals surface area contributed by atoms with Crippen molar-refractivity contribution in [2.24, 2.45) is 5.41 Å². The number of allylic oxidation sites excluding steroid dienone is 2. The van der Waals surface area contributed by atoms with Crippen molar-refractivity contribution in [3.8, 4) is 5.75 Å². The van der Waals surface area contributed by atoms with E-state index in [1.807, 2.05) is 0 Å². The number of carbonyl (C=O) groups excluding carboxylic acids is 1. The minimum atomic E-state index is -0.651. The zero-order valence-electron chi connectivity index (χ0n) is 16.2. The van der Waals surface area contributed by atoms with Crippen LogP contribution in [0, 0.1) is 11.2 Å². The number of esters is 1. The first kappa shape index (κ1) is 18.9. The van der Waals surface area contributed by atoms with Gasteiger partial charge < -0.3 is 9.47 Å². The van der Waals surface area contributed by atoms with Gasteiger partial charge in [-0.3, -0.25) is 0 Å². The third kappa shape index (κ3) is 4.46. The van der Waals surface area contributed by atoms with E-state index >= 15 is 4.39 Å². The van der Waals surface area contributed by atoms with Gasteiger partial charge in [0.25, 0.3) is 0 Å². The average Bonchev–Trinajstić information content (AvgIpc) is 3.36. The van der Waals surface area contributed by atoms with Crippen LogP contribution in [-0.2, 0) is 4.74 Å². The number of carbonyl (C=O) groups is 1. The van der Waals surface area contributed by atoms with Gasteiger partial charge in [-0.05, 0) is 70.9 Å². The lowest BCUT2D eigenvalue weighted by atomic mass is 9.80. The molecule has 3 rings (SSSR count). The lowest BCUT2D eigenvalue weighted by Gasteiger charge is -2.31. The molecule has 0 aromatic heterocycles. The molecular formula is C22H29FO3. The van der Waals surface area contributed by atoms with Gasteiger partial charge in [-0.25, -0.2) is 9.18 Å². The van der Waals surface area contributed by atoms with Crippen LogP contribution < -0.4 is 4.74 Å². The molecule has 0 radical (unpaired) electrons. The van der Waals surface area contributed by atoms with Gasteiger partial charge >= 0.3 is 5.97 Å². The quantitative estimate of drug-likeness (QED) is 0.493. The van der Waals surface area contributed by atoms with Crippen LogP contribution in [0.4, 0.5) is 4.39 Å². The molecule has 4 heteroatoms. The lowest BCUT2D eigenvalue weighted by molar-refractivity contribution is 0.00643. The second-order valence-electron chi connectivity index (χ2n) is 8.93. The molecule has 1 atom stereocenters. The van der Waals surface area contributed by atoms with Crippen molar-refractivity contribution >= 4 is 5.97 Å². The van der Waals surface area contributed by atoms with Crippen LogP contribution in [0.2, 0.25) is 0 Å². The molecule has 1 unspecified atom stereocenters. The van der Waals surface area contributed by atoms with Gasteiger partial charge in [0.15, 0.2) is 0 Å². The van der Waals surface area contributed by atoms with E-state index in [1.54, 1.807) is 26.8 Å². The van der Waals surface area contributed by atoms with Gasteiger partial charge in [-0.2, -0.15) is 0 Å². The van der Waals surface area contributed by atoms with Crippen molar-refractivity contribution in [1.82, 2.24) is 0 Å². The van der Waals surface area contributed by atoms with Crippen molar-refractivity contribution < 1.29 is 18.7 Å². The minimum Gasteiger partial charge on any atom is -0.493 e. The number of halogens is 1. The highest BCUT2D eigenvalue weighted by Gasteiger charge is 2.34. The largest absolute Gasteiger partial charge is 0.493 e. The van der Waals surface area contributed by atoms with E-state index in [-0.39, 0.29) is 16.9 Å². The lowest BCUT2D eigenvalue weighted by Crippen LogP contribution is -2.27. The fourth-order valence-electron chi connectivity index (χ4n) is 3.35. The van der Waals surface area contributed by atoms with Gasteiger partial charge in [0, 0.05) is 11.0 Å². The first-order chi connectivity index (χ1) is 12.2. The molecule has 0 heterocycles. The third-order valence-electron chi connectivity index (χ3n) is 5.01. The van der Waals surface area contributed by atoms with E-state index in [4.69, 9.17) is 9.47 Å². The summed E-state index contributed by atoms with van der Waals surface area (Å²) in [5.41, 5.74) is -0.0264. The second-order valence-corrected chi connectivity index (χ2v) is 8.93. The maximum Gasteiger partial charge on any atom is 0.341 e. The molecule has 0 saturated heterocycles. The summed E-state index contributed by atoms with van der Waals surface area (Å²) in [7, 11) is 0. The highest BCUT2D eigenvalue weighted by atomic mass is 19.1. The Balaban J connectivity index is 1.82. The Morgan fingerprint density at radius 1 is 1.27 bits per heavy atom. The predicted octanol–water partition coefficient (Wildman–Crippen LogP) is 5.78. The Kier molecular flexibility index (Phi) is 5.14. The summed E-state index contributed by atoms with van der Waals surface area (Å²) >= 11 is 0. The SMILES string of the molecule is CC1(COc2ccc(C(=O)OC(C)(C)C)c(F)c2C2CC2)CC=CCC1. The molecule has 1 fully saturated rings. The molecule has 1 saturated carbocycles. The van der Waals surface area contributed by atoms with Crippen LogP contribution in [-0.4, -0.2) is 18.2 Å². The Hall–Kier alpha value is -1.84. The van der Waals surface area contributed by atoms with E-state index in [0.29, 0.717) is 17.9 Å². The molecule has 0 N–H and O–H groups in total. The molecule has 0 amide bonds. The Morgan fingerprint density at radius 3 is 2.58 bits per heavy atom. The van der Waals surface area contributed by atoms with E-state index in [1.165, 1.54) is 6.07 Å². The Bertz CT molecular complexity index is 713. The molecule has 0 spiro atoms. The van der Waals surface area contributed by atoms with E-state index in [0.717, 1.165) is 32.1 Å². The molecule has 0 bridgehead atoms. The monoisotopic (exact) mass is 360 g/mol. The number of hydrogen-bond acceptors (Lipinski definition) is 3. The van der Waals surface area contributed by atoms with Gasteiger partial charge in [0.05, 0.1) is 12.2 Å². The minimum absolute atomic E-state index is 0.000913. The second kappa shape index (κ2) is 7.05. The van der Waals surface area contributed by atoms with Crippen LogP contribution >= 0.6 is 0 Å². The van der Waals surface area contributed by atoms with Crippen molar-refractivity contribution in [1.29, 1.82) is 0 Å². The van der Waals surface area contributed by atoms with Crippen molar-refractivity contribution in [3.63, 3.8) is 0 Å². The van der Waals surface area contributed by atoms with Crippen molar-refractivity contribution in [2.45, 2.75) is 71.3 Å². The highest BCUT2D eigenvalue weighted by molar-refractivity contribution is 5.90. The van der Waals surface area contributed by atoms with Crippen LogP contribution in [0.5, 0.6) is 5.75 Å². The predicted molar refractivity (Wildman–Crippen MR) is 100 cm³/mol. The number of ether oxygens (including phenoxy) is 2. The standard InChI is InChI=1S/C22H29FO3/c1-21(2,3)26-20(24)16-10-11-17(18(19(16)23)15-8-9-15)25-14-22(4)12-6-5-7-13-22/h5-6,10-11,15H,7-9,12-14H2,1-4H3. The summed E-state index contributed by atoms with van der Waals surface area (Å²) in [4.78, 5) is 12.3. The molecule has 1 aromatic rings. The van der Waals surface area contributed by atoms with Gasteiger partial charge in [-0.15, -0.1) is 0 Å².